The summed E-state index contributed by atoms with van der Waals surface area (Å²) in [5.74, 6) is -6.49. The molecule has 1 saturated heterocycles. The molecule has 1 aliphatic heterocycles. The first kappa shape index (κ1) is 13.2. The Morgan fingerprint density at radius 3 is 2.62 bits per heavy atom. The number of halogens is 4. The first-order valence-electron chi connectivity index (χ1n) is 5.04. The van der Waals surface area contributed by atoms with Crippen LogP contribution < -0.4 is 10.6 Å². The molecular formula is C9H14F4N2O. The molecular weight excluding hydrogens is 228 g/mol. The number of amides is 1. The van der Waals surface area contributed by atoms with Gasteiger partial charge in [-0.3, -0.25) is 4.79 Å². The quantitative estimate of drug-likeness (QED) is 0.729. The van der Waals surface area contributed by atoms with Crippen LogP contribution in [0.1, 0.15) is 19.8 Å². The fourth-order valence-electron chi connectivity index (χ4n) is 1.64. The van der Waals surface area contributed by atoms with E-state index in [4.69, 9.17) is 0 Å². The Morgan fingerprint density at radius 1 is 1.50 bits per heavy atom. The number of rotatable bonds is 3. The molecule has 94 valence electrons. The maximum atomic E-state index is 12.6. The van der Waals surface area contributed by atoms with Crippen molar-refractivity contribution in [3.63, 3.8) is 0 Å². The summed E-state index contributed by atoms with van der Waals surface area (Å²) in [5.41, 5.74) is 0. The van der Waals surface area contributed by atoms with Crippen LogP contribution in [0.4, 0.5) is 17.6 Å². The number of alkyl halides is 4. The minimum atomic E-state index is -4.60. The second-order valence-corrected chi connectivity index (χ2v) is 3.97. The molecule has 1 fully saturated rings. The largest absolute Gasteiger partial charge is 0.383 e. The lowest BCUT2D eigenvalue weighted by Crippen LogP contribution is -2.53. The van der Waals surface area contributed by atoms with Crippen molar-refractivity contribution >= 4 is 5.91 Å². The summed E-state index contributed by atoms with van der Waals surface area (Å²) in [4.78, 5) is 10.9. The van der Waals surface area contributed by atoms with Crippen molar-refractivity contribution in [1.29, 1.82) is 0 Å². The van der Waals surface area contributed by atoms with E-state index in [0.717, 1.165) is 0 Å². The average molecular weight is 242 g/mol. The molecule has 1 amide bonds. The van der Waals surface area contributed by atoms with Gasteiger partial charge in [-0.15, -0.1) is 0 Å². The predicted octanol–water partition coefficient (Wildman–Crippen LogP) is 1.14. The molecule has 0 spiro atoms. The zero-order chi connectivity index (χ0) is 12.3. The molecule has 0 aromatic carbocycles. The van der Waals surface area contributed by atoms with E-state index < -0.39 is 24.3 Å². The Morgan fingerprint density at radius 2 is 2.12 bits per heavy atom. The SMILES string of the molecule is CC1CC(NC(=O)C(F)(F)C(F)F)CCN1. The zero-order valence-electron chi connectivity index (χ0n) is 8.77. The molecule has 2 unspecified atom stereocenters. The van der Waals surface area contributed by atoms with Crippen LogP contribution in [0.3, 0.4) is 0 Å². The molecule has 7 heteroatoms. The van der Waals surface area contributed by atoms with Crippen LogP contribution in [-0.2, 0) is 4.79 Å². The Balaban J connectivity index is 2.50. The van der Waals surface area contributed by atoms with Gasteiger partial charge in [0.1, 0.15) is 0 Å². The topological polar surface area (TPSA) is 41.1 Å². The van der Waals surface area contributed by atoms with Crippen LogP contribution in [0.25, 0.3) is 0 Å². The van der Waals surface area contributed by atoms with Crippen LogP contribution in [0.2, 0.25) is 0 Å². The molecule has 0 aromatic rings. The fraction of sp³-hybridized carbons (Fsp3) is 0.889. The summed E-state index contributed by atoms with van der Waals surface area (Å²) < 4.78 is 49.0. The third kappa shape index (κ3) is 3.07. The first-order chi connectivity index (χ1) is 7.34. The number of carbonyl (C=O) groups excluding carboxylic acids is 1. The smallest absolute Gasteiger partial charge is 0.348 e. The lowest BCUT2D eigenvalue weighted by atomic mass is 10.0. The van der Waals surface area contributed by atoms with Gasteiger partial charge < -0.3 is 10.6 Å². The minimum absolute atomic E-state index is 0.0826. The highest BCUT2D eigenvalue weighted by Crippen LogP contribution is 2.23. The molecule has 0 aliphatic carbocycles. The summed E-state index contributed by atoms with van der Waals surface area (Å²) in [6.07, 6.45) is -3.04. The molecule has 1 heterocycles. The number of hydrogen-bond donors (Lipinski definition) is 2. The second-order valence-electron chi connectivity index (χ2n) is 3.97. The van der Waals surface area contributed by atoms with Gasteiger partial charge in [0.25, 0.3) is 5.91 Å². The zero-order valence-corrected chi connectivity index (χ0v) is 8.77. The minimum Gasteiger partial charge on any atom is -0.348 e. The second kappa shape index (κ2) is 4.99. The van der Waals surface area contributed by atoms with Gasteiger partial charge in [0.15, 0.2) is 0 Å². The highest BCUT2D eigenvalue weighted by Gasteiger charge is 2.49. The Kier molecular flexibility index (Phi) is 4.12. The van der Waals surface area contributed by atoms with Crippen LogP contribution in [0, 0.1) is 0 Å². The monoisotopic (exact) mass is 242 g/mol. The molecule has 0 radical (unpaired) electrons. The lowest BCUT2D eigenvalue weighted by molar-refractivity contribution is -0.170. The number of carbonyl (C=O) groups is 1. The summed E-state index contributed by atoms with van der Waals surface area (Å²) >= 11 is 0. The molecule has 1 aliphatic rings. The van der Waals surface area contributed by atoms with E-state index in [1.165, 1.54) is 0 Å². The fourth-order valence-corrected chi connectivity index (χ4v) is 1.64. The van der Waals surface area contributed by atoms with Crippen molar-refractivity contribution in [2.24, 2.45) is 0 Å². The van der Waals surface area contributed by atoms with E-state index in [9.17, 15) is 22.4 Å². The number of nitrogens with one attached hydrogen (secondary N) is 2. The summed E-state index contributed by atoms with van der Waals surface area (Å²) in [5, 5.41) is 5.02. The van der Waals surface area contributed by atoms with Gasteiger partial charge in [-0.05, 0) is 26.3 Å². The van der Waals surface area contributed by atoms with Gasteiger partial charge in [0.2, 0.25) is 0 Å². The van der Waals surface area contributed by atoms with Gasteiger partial charge in [-0.1, -0.05) is 0 Å². The molecule has 0 saturated carbocycles. The molecule has 0 bridgehead atoms. The number of piperidine rings is 1. The van der Waals surface area contributed by atoms with Gasteiger partial charge in [0, 0.05) is 12.1 Å². The maximum absolute atomic E-state index is 12.6. The van der Waals surface area contributed by atoms with Crippen LogP contribution in [0.15, 0.2) is 0 Å². The predicted molar refractivity (Wildman–Crippen MR) is 49.6 cm³/mol. The standard InChI is InChI=1S/C9H14F4N2O/c1-5-4-6(2-3-14-5)15-8(16)9(12,13)7(10)11/h5-7,14H,2-4H2,1H3,(H,15,16). The van der Waals surface area contributed by atoms with Gasteiger partial charge in [-0.2, -0.15) is 8.78 Å². The molecule has 3 nitrogen and oxygen atoms in total. The van der Waals surface area contributed by atoms with E-state index >= 15 is 0 Å². The van der Waals surface area contributed by atoms with Crippen molar-refractivity contribution in [3.05, 3.63) is 0 Å². The highest BCUT2D eigenvalue weighted by atomic mass is 19.3. The van der Waals surface area contributed by atoms with Crippen molar-refractivity contribution in [2.45, 2.75) is 44.2 Å². The molecule has 2 N–H and O–H groups in total. The third-order valence-electron chi connectivity index (χ3n) is 2.54. The molecule has 1 rings (SSSR count). The Labute approximate surface area is 90.6 Å². The summed E-state index contributed by atoms with van der Waals surface area (Å²) in [6, 6.07) is -0.382. The van der Waals surface area contributed by atoms with Crippen LogP contribution >= 0.6 is 0 Å². The summed E-state index contributed by atoms with van der Waals surface area (Å²) in [7, 11) is 0. The number of hydrogen-bond acceptors (Lipinski definition) is 2. The molecule has 2 atom stereocenters. The van der Waals surface area contributed by atoms with Gasteiger partial charge in [0.05, 0.1) is 0 Å². The highest BCUT2D eigenvalue weighted by molar-refractivity contribution is 5.84. The van der Waals surface area contributed by atoms with Gasteiger partial charge in [-0.25, -0.2) is 8.78 Å². The van der Waals surface area contributed by atoms with Crippen molar-refractivity contribution in [2.75, 3.05) is 6.54 Å². The van der Waals surface area contributed by atoms with Crippen molar-refractivity contribution in [3.8, 4) is 0 Å². The van der Waals surface area contributed by atoms with E-state index in [-0.39, 0.29) is 6.04 Å². The van der Waals surface area contributed by atoms with E-state index in [2.05, 4.69) is 5.32 Å². The van der Waals surface area contributed by atoms with E-state index in [1.807, 2.05) is 12.2 Å². The van der Waals surface area contributed by atoms with Crippen molar-refractivity contribution < 1.29 is 22.4 Å². The third-order valence-corrected chi connectivity index (χ3v) is 2.54. The molecule has 0 aromatic heterocycles. The Hall–Kier alpha value is -0.850. The van der Waals surface area contributed by atoms with E-state index in [0.29, 0.717) is 19.4 Å². The lowest BCUT2D eigenvalue weighted by Gasteiger charge is -2.29. The van der Waals surface area contributed by atoms with Crippen LogP contribution in [0.5, 0.6) is 0 Å². The normalized spacial score (nSPS) is 26.9. The Bertz CT molecular complexity index is 260. The maximum Gasteiger partial charge on any atom is 0.383 e. The molecule has 16 heavy (non-hydrogen) atoms. The van der Waals surface area contributed by atoms with E-state index in [1.54, 1.807) is 0 Å². The van der Waals surface area contributed by atoms with Gasteiger partial charge >= 0.3 is 12.3 Å². The first-order valence-corrected chi connectivity index (χ1v) is 5.04. The van der Waals surface area contributed by atoms with Crippen LogP contribution in [-0.4, -0.2) is 36.9 Å². The summed E-state index contributed by atoms with van der Waals surface area (Å²) in [6.45, 7) is 2.41. The van der Waals surface area contributed by atoms with Crippen molar-refractivity contribution in [1.82, 2.24) is 10.6 Å². The average Bonchev–Trinajstić information content (AvgIpc) is 2.17.